The molecule has 2 heteroatoms. The Balaban J connectivity index is 3.01. The average Bonchev–Trinajstić information content (AvgIpc) is 2.27. The first kappa shape index (κ1) is 15.5. The molecule has 0 saturated carbocycles. The first-order valence-electron chi connectivity index (χ1n) is 6.78. The lowest BCUT2D eigenvalue weighted by Crippen LogP contribution is -2.00. The molecule has 0 aromatic carbocycles. The third-order valence-corrected chi connectivity index (χ3v) is 2.73. The standard InChI is InChI=1S/C14H27O2/c1-3-5-6-7-8-9-10-11-12-13-14(15)16-4-2/h4H,3,5-13H2,1-2H3. The molecule has 0 bridgehead atoms. The Kier molecular flexibility index (Phi) is 12.1. The molecule has 95 valence electrons. The van der Waals surface area contributed by atoms with E-state index in [-0.39, 0.29) is 5.97 Å². The summed E-state index contributed by atoms with van der Waals surface area (Å²) in [6, 6.07) is 0. The molecule has 0 aromatic heterocycles. The number of carbonyl (C=O) groups excluding carboxylic acids is 1. The van der Waals surface area contributed by atoms with Gasteiger partial charge in [-0.1, -0.05) is 58.3 Å². The number of hydrogen-bond acceptors (Lipinski definition) is 2. The highest BCUT2D eigenvalue weighted by Gasteiger charge is 2.00. The van der Waals surface area contributed by atoms with E-state index in [2.05, 4.69) is 6.92 Å². The largest absolute Gasteiger partial charge is 0.459 e. The van der Waals surface area contributed by atoms with Gasteiger partial charge in [-0.15, -0.1) is 0 Å². The highest BCUT2D eigenvalue weighted by Crippen LogP contribution is 2.10. The van der Waals surface area contributed by atoms with E-state index >= 15 is 0 Å². The van der Waals surface area contributed by atoms with Gasteiger partial charge in [-0.2, -0.15) is 0 Å². The van der Waals surface area contributed by atoms with Crippen molar-refractivity contribution in [1.82, 2.24) is 0 Å². The molecule has 0 aromatic rings. The Morgan fingerprint density at radius 2 is 1.44 bits per heavy atom. The minimum atomic E-state index is -0.0922. The number of hydrogen-bond donors (Lipinski definition) is 0. The van der Waals surface area contributed by atoms with Gasteiger partial charge in [0.25, 0.3) is 0 Å². The SMILES string of the molecule is C[CH]OC(=O)CCCCCCCCCCC. The molecule has 0 fully saturated rings. The third-order valence-electron chi connectivity index (χ3n) is 2.73. The van der Waals surface area contributed by atoms with Crippen LogP contribution in [-0.4, -0.2) is 5.97 Å². The van der Waals surface area contributed by atoms with Crippen molar-refractivity contribution in [3.63, 3.8) is 0 Å². The number of esters is 1. The predicted octanol–water partition coefficient (Wildman–Crippen LogP) is 4.63. The van der Waals surface area contributed by atoms with E-state index in [9.17, 15) is 4.79 Å². The lowest BCUT2D eigenvalue weighted by molar-refractivity contribution is -0.140. The zero-order valence-electron chi connectivity index (χ0n) is 11.0. The van der Waals surface area contributed by atoms with Gasteiger partial charge >= 0.3 is 5.97 Å². The molecule has 0 aliphatic carbocycles. The predicted molar refractivity (Wildman–Crippen MR) is 67.9 cm³/mol. The van der Waals surface area contributed by atoms with Crippen LogP contribution in [0.15, 0.2) is 0 Å². The molecule has 0 atom stereocenters. The van der Waals surface area contributed by atoms with Crippen LogP contribution in [0, 0.1) is 6.61 Å². The van der Waals surface area contributed by atoms with Crippen molar-refractivity contribution in [3.8, 4) is 0 Å². The zero-order chi connectivity index (χ0) is 12.1. The number of rotatable bonds is 11. The van der Waals surface area contributed by atoms with E-state index in [4.69, 9.17) is 4.74 Å². The molecular formula is C14H27O2. The molecule has 0 heterocycles. The molecule has 0 spiro atoms. The van der Waals surface area contributed by atoms with Crippen LogP contribution < -0.4 is 0 Å². The van der Waals surface area contributed by atoms with Crippen LogP contribution in [0.5, 0.6) is 0 Å². The van der Waals surface area contributed by atoms with Crippen LogP contribution in [0.25, 0.3) is 0 Å². The van der Waals surface area contributed by atoms with E-state index in [0.717, 1.165) is 12.8 Å². The van der Waals surface area contributed by atoms with E-state index in [1.807, 2.05) is 0 Å². The highest BCUT2D eigenvalue weighted by atomic mass is 16.5. The minimum Gasteiger partial charge on any atom is -0.459 e. The van der Waals surface area contributed by atoms with Crippen LogP contribution in [0.3, 0.4) is 0 Å². The van der Waals surface area contributed by atoms with Crippen molar-refractivity contribution in [3.05, 3.63) is 6.61 Å². The van der Waals surface area contributed by atoms with Gasteiger partial charge in [0, 0.05) is 6.42 Å². The van der Waals surface area contributed by atoms with Gasteiger partial charge < -0.3 is 4.74 Å². The Labute approximate surface area is 101 Å². The van der Waals surface area contributed by atoms with Crippen LogP contribution in [-0.2, 0) is 9.53 Å². The Morgan fingerprint density at radius 1 is 0.938 bits per heavy atom. The number of ether oxygens (including phenoxy) is 1. The summed E-state index contributed by atoms with van der Waals surface area (Å²) in [4.78, 5) is 11.0. The smallest absolute Gasteiger partial charge is 0.306 e. The molecule has 0 saturated heterocycles. The molecule has 0 aliphatic rings. The number of unbranched alkanes of at least 4 members (excludes halogenated alkanes) is 8. The highest BCUT2D eigenvalue weighted by molar-refractivity contribution is 5.69. The van der Waals surface area contributed by atoms with Crippen LogP contribution in [0.2, 0.25) is 0 Å². The van der Waals surface area contributed by atoms with Crippen LogP contribution in [0.1, 0.15) is 78.1 Å². The molecule has 0 unspecified atom stereocenters. The van der Waals surface area contributed by atoms with Gasteiger partial charge in [0.1, 0.15) is 6.61 Å². The van der Waals surface area contributed by atoms with Gasteiger partial charge in [0.15, 0.2) is 0 Å². The Hall–Kier alpha value is -0.530. The summed E-state index contributed by atoms with van der Waals surface area (Å²) in [7, 11) is 0. The van der Waals surface area contributed by atoms with E-state index in [1.54, 1.807) is 6.92 Å². The lowest BCUT2D eigenvalue weighted by atomic mass is 10.1. The van der Waals surface area contributed by atoms with Gasteiger partial charge in [-0.25, -0.2) is 0 Å². The fourth-order valence-corrected chi connectivity index (χ4v) is 1.77. The summed E-state index contributed by atoms with van der Waals surface area (Å²) in [5.41, 5.74) is 0. The maximum absolute atomic E-state index is 11.0. The summed E-state index contributed by atoms with van der Waals surface area (Å²) in [5.74, 6) is -0.0922. The van der Waals surface area contributed by atoms with Crippen molar-refractivity contribution in [2.45, 2.75) is 78.1 Å². The molecule has 0 aliphatic heterocycles. The normalized spacial score (nSPS) is 10.4. The molecule has 2 nitrogen and oxygen atoms in total. The molecule has 1 radical (unpaired) electrons. The lowest BCUT2D eigenvalue weighted by Gasteiger charge is -2.02. The monoisotopic (exact) mass is 227 g/mol. The van der Waals surface area contributed by atoms with E-state index < -0.39 is 0 Å². The van der Waals surface area contributed by atoms with E-state index in [0.29, 0.717) is 6.42 Å². The van der Waals surface area contributed by atoms with Gasteiger partial charge in [-0.3, -0.25) is 4.79 Å². The molecule has 16 heavy (non-hydrogen) atoms. The first-order chi connectivity index (χ1) is 7.81. The zero-order valence-corrected chi connectivity index (χ0v) is 11.0. The van der Waals surface area contributed by atoms with Crippen molar-refractivity contribution in [2.24, 2.45) is 0 Å². The van der Waals surface area contributed by atoms with Gasteiger partial charge in [0.05, 0.1) is 0 Å². The molecule has 0 rings (SSSR count). The summed E-state index contributed by atoms with van der Waals surface area (Å²) >= 11 is 0. The average molecular weight is 227 g/mol. The molecule has 0 amide bonds. The summed E-state index contributed by atoms with van der Waals surface area (Å²) in [6.07, 6.45) is 12.1. The summed E-state index contributed by atoms with van der Waals surface area (Å²) < 4.78 is 4.75. The Bertz CT molecular complexity index is 155. The second kappa shape index (κ2) is 12.5. The second-order valence-electron chi connectivity index (χ2n) is 4.30. The Morgan fingerprint density at radius 3 is 1.94 bits per heavy atom. The molecular weight excluding hydrogens is 200 g/mol. The molecule has 0 N–H and O–H groups in total. The second-order valence-corrected chi connectivity index (χ2v) is 4.30. The maximum atomic E-state index is 11.0. The van der Waals surface area contributed by atoms with Crippen molar-refractivity contribution in [2.75, 3.05) is 0 Å². The first-order valence-corrected chi connectivity index (χ1v) is 6.78. The van der Waals surface area contributed by atoms with Crippen molar-refractivity contribution >= 4 is 5.97 Å². The fourth-order valence-electron chi connectivity index (χ4n) is 1.77. The maximum Gasteiger partial charge on any atom is 0.306 e. The van der Waals surface area contributed by atoms with Crippen LogP contribution >= 0.6 is 0 Å². The third kappa shape index (κ3) is 11.5. The summed E-state index contributed by atoms with van der Waals surface area (Å²) in [6.45, 7) is 5.43. The minimum absolute atomic E-state index is 0.0922. The summed E-state index contributed by atoms with van der Waals surface area (Å²) in [5, 5.41) is 0. The topological polar surface area (TPSA) is 26.3 Å². The van der Waals surface area contributed by atoms with E-state index in [1.165, 1.54) is 51.6 Å². The van der Waals surface area contributed by atoms with Gasteiger partial charge in [0.2, 0.25) is 0 Å². The van der Waals surface area contributed by atoms with Crippen molar-refractivity contribution < 1.29 is 9.53 Å². The van der Waals surface area contributed by atoms with Gasteiger partial charge in [-0.05, 0) is 13.3 Å². The quantitative estimate of drug-likeness (QED) is 0.380. The van der Waals surface area contributed by atoms with Crippen molar-refractivity contribution in [1.29, 1.82) is 0 Å². The number of carbonyl (C=O) groups is 1. The van der Waals surface area contributed by atoms with Crippen LogP contribution in [0.4, 0.5) is 0 Å². The fraction of sp³-hybridized carbons (Fsp3) is 0.857.